The van der Waals surface area contributed by atoms with E-state index in [1.165, 1.54) is 25.3 Å². The monoisotopic (exact) mass is 428 g/mol. The van der Waals surface area contributed by atoms with Crippen LogP contribution in [0, 0.1) is 0 Å². The van der Waals surface area contributed by atoms with Crippen molar-refractivity contribution in [2.45, 2.75) is 6.04 Å². The molecule has 32 heavy (non-hydrogen) atoms. The molecule has 3 aromatic carbocycles. The van der Waals surface area contributed by atoms with Crippen LogP contribution in [0.5, 0.6) is 0 Å². The Kier molecular flexibility index (Phi) is 5.81. The Morgan fingerprint density at radius 1 is 0.844 bits per heavy atom. The number of ether oxygens (including phenoxy) is 2. The van der Waals surface area contributed by atoms with Crippen molar-refractivity contribution in [3.63, 3.8) is 0 Å². The number of Topliss-reactive ketones (excluding diaryl/α,β-unsaturated/α-hetero) is 1. The van der Waals surface area contributed by atoms with Crippen LogP contribution in [0.2, 0.25) is 0 Å². The molecule has 0 bridgehead atoms. The number of nitrogens with zero attached hydrogens (tertiary/aromatic N) is 2. The molecule has 3 aromatic rings. The van der Waals surface area contributed by atoms with E-state index in [2.05, 4.69) is 5.10 Å². The second kappa shape index (κ2) is 8.85. The number of anilines is 1. The lowest BCUT2D eigenvalue weighted by Gasteiger charge is -2.31. The van der Waals surface area contributed by atoms with Gasteiger partial charge >= 0.3 is 11.9 Å². The van der Waals surface area contributed by atoms with Gasteiger partial charge in [0.05, 0.1) is 25.5 Å². The Labute approximate surface area is 184 Å². The van der Waals surface area contributed by atoms with E-state index in [-0.39, 0.29) is 17.1 Å². The van der Waals surface area contributed by atoms with Crippen LogP contribution >= 0.6 is 0 Å². The molecule has 160 valence electrons. The van der Waals surface area contributed by atoms with Crippen molar-refractivity contribution in [2.24, 2.45) is 5.10 Å². The molecule has 0 radical (unpaired) electrons. The smallest absolute Gasteiger partial charge is 0.336 e. The SMILES string of the molecule is COC(=O)C1=CC(C(=O)c2ccc3ccccc3c2)=NN(c2ccccc2)[C@@H]1C(=O)OC. The number of hydrogen-bond donors (Lipinski definition) is 0. The number of carbonyl (C=O) groups excluding carboxylic acids is 3. The van der Waals surface area contributed by atoms with E-state index in [1.54, 1.807) is 36.4 Å². The van der Waals surface area contributed by atoms with Crippen molar-refractivity contribution in [3.05, 3.63) is 90.0 Å². The number of ketones is 1. The third-order valence-corrected chi connectivity index (χ3v) is 5.16. The third-order valence-electron chi connectivity index (χ3n) is 5.16. The third kappa shape index (κ3) is 3.88. The molecule has 1 aliphatic heterocycles. The highest BCUT2D eigenvalue weighted by atomic mass is 16.5. The van der Waals surface area contributed by atoms with Crippen molar-refractivity contribution < 1.29 is 23.9 Å². The number of para-hydroxylation sites is 1. The van der Waals surface area contributed by atoms with Gasteiger partial charge in [0.25, 0.3) is 0 Å². The minimum atomic E-state index is -1.19. The minimum Gasteiger partial charge on any atom is -0.467 e. The molecule has 0 saturated heterocycles. The van der Waals surface area contributed by atoms with Crippen LogP contribution in [-0.2, 0) is 19.1 Å². The summed E-state index contributed by atoms with van der Waals surface area (Å²) in [5.74, 6) is -1.84. The van der Waals surface area contributed by atoms with Gasteiger partial charge in [-0.05, 0) is 35.0 Å². The molecule has 1 atom stereocenters. The van der Waals surface area contributed by atoms with Crippen LogP contribution in [0.15, 0.2) is 89.5 Å². The van der Waals surface area contributed by atoms with E-state index in [1.807, 2.05) is 36.4 Å². The molecule has 0 aromatic heterocycles. The van der Waals surface area contributed by atoms with Crippen LogP contribution in [0.1, 0.15) is 10.4 Å². The maximum Gasteiger partial charge on any atom is 0.336 e. The number of hydrogen-bond acceptors (Lipinski definition) is 7. The first-order valence-electron chi connectivity index (χ1n) is 9.87. The van der Waals surface area contributed by atoms with Gasteiger partial charge in [-0.25, -0.2) is 14.6 Å². The molecule has 0 fully saturated rings. The first kappa shape index (κ1) is 21.0. The molecular formula is C25H20N2O5. The molecule has 0 N–H and O–H groups in total. The standard InChI is InChI=1S/C25H20N2O5/c1-31-24(29)20-15-21(23(28)18-13-12-16-8-6-7-9-17(16)14-18)26-27(22(20)25(30)32-2)19-10-4-3-5-11-19/h3-15,22H,1-2H3/t22-/m0/s1. The summed E-state index contributed by atoms with van der Waals surface area (Å²) in [6.07, 6.45) is 1.30. The molecular weight excluding hydrogens is 408 g/mol. The van der Waals surface area contributed by atoms with E-state index >= 15 is 0 Å². The Bertz CT molecular complexity index is 1260. The summed E-state index contributed by atoms with van der Waals surface area (Å²) >= 11 is 0. The van der Waals surface area contributed by atoms with Gasteiger partial charge in [-0.2, -0.15) is 5.10 Å². The molecule has 0 unspecified atom stereocenters. The first-order chi connectivity index (χ1) is 15.5. The highest BCUT2D eigenvalue weighted by molar-refractivity contribution is 6.51. The van der Waals surface area contributed by atoms with E-state index in [0.29, 0.717) is 11.3 Å². The van der Waals surface area contributed by atoms with Gasteiger partial charge in [-0.15, -0.1) is 0 Å². The average molecular weight is 428 g/mol. The van der Waals surface area contributed by atoms with Gasteiger partial charge in [0.15, 0.2) is 6.04 Å². The summed E-state index contributed by atoms with van der Waals surface area (Å²) in [5, 5.41) is 7.65. The quantitative estimate of drug-likeness (QED) is 0.457. The van der Waals surface area contributed by atoms with Gasteiger partial charge < -0.3 is 9.47 Å². The van der Waals surface area contributed by atoms with E-state index in [9.17, 15) is 14.4 Å². The summed E-state index contributed by atoms with van der Waals surface area (Å²) in [5.41, 5.74) is 0.890. The van der Waals surface area contributed by atoms with Crippen LogP contribution in [-0.4, -0.2) is 43.7 Å². The maximum atomic E-state index is 13.4. The van der Waals surface area contributed by atoms with Crippen LogP contribution < -0.4 is 5.01 Å². The normalized spacial score (nSPS) is 15.6. The van der Waals surface area contributed by atoms with Gasteiger partial charge in [-0.3, -0.25) is 4.79 Å². The lowest BCUT2D eigenvalue weighted by atomic mass is 9.97. The molecule has 7 heteroatoms. The Morgan fingerprint density at radius 3 is 2.22 bits per heavy atom. The number of hydrazone groups is 1. The highest BCUT2D eigenvalue weighted by Gasteiger charge is 2.39. The van der Waals surface area contributed by atoms with Gasteiger partial charge in [0, 0.05) is 5.56 Å². The molecule has 4 rings (SSSR count). The zero-order valence-electron chi connectivity index (χ0n) is 17.5. The zero-order chi connectivity index (χ0) is 22.7. The lowest BCUT2D eigenvalue weighted by molar-refractivity contribution is -0.144. The molecule has 0 spiro atoms. The molecule has 1 heterocycles. The van der Waals surface area contributed by atoms with Crippen molar-refractivity contribution in [3.8, 4) is 0 Å². The fourth-order valence-electron chi connectivity index (χ4n) is 3.56. The maximum absolute atomic E-state index is 13.4. The number of benzene rings is 3. The molecule has 0 aliphatic carbocycles. The Balaban J connectivity index is 1.84. The second-order valence-electron chi connectivity index (χ2n) is 7.07. The van der Waals surface area contributed by atoms with Gasteiger partial charge in [0.2, 0.25) is 5.78 Å². The predicted molar refractivity (Wildman–Crippen MR) is 121 cm³/mol. The number of esters is 2. The summed E-state index contributed by atoms with van der Waals surface area (Å²) in [7, 11) is 2.43. The zero-order valence-corrected chi connectivity index (χ0v) is 17.5. The van der Waals surface area contributed by atoms with Crippen LogP contribution in [0.25, 0.3) is 10.8 Å². The van der Waals surface area contributed by atoms with Gasteiger partial charge in [-0.1, -0.05) is 54.6 Å². The van der Waals surface area contributed by atoms with E-state index < -0.39 is 18.0 Å². The highest BCUT2D eigenvalue weighted by Crippen LogP contribution is 2.27. The number of fused-ring (bicyclic) bond motifs is 1. The summed E-state index contributed by atoms with van der Waals surface area (Å²) in [4.78, 5) is 38.5. The van der Waals surface area contributed by atoms with Crippen molar-refractivity contribution in [2.75, 3.05) is 19.2 Å². The number of methoxy groups -OCH3 is 2. The van der Waals surface area contributed by atoms with Crippen LogP contribution in [0.4, 0.5) is 5.69 Å². The van der Waals surface area contributed by atoms with E-state index in [4.69, 9.17) is 9.47 Å². The molecule has 0 amide bonds. The Hall–Kier alpha value is -4.26. The van der Waals surface area contributed by atoms with Gasteiger partial charge in [0.1, 0.15) is 5.71 Å². The van der Waals surface area contributed by atoms with Crippen molar-refractivity contribution >= 4 is 39.9 Å². The first-order valence-corrected chi connectivity index (χ1v) is 9.87. The average Bonchev–Trinajstić information content (AvgIpc) is 2.86. The molecule has 7 nitrogen and oxygen atoms in total. The minimum absolute atomic E-state index is 0.00434. The van der Waals surface area contributed by atoms with Crippen molar-refractivity contribution in [1.82, 2.24) is 0 Å². The molecule has 1 aliphatic rings. The fraction of sp³-hybridized carbons (Fsp3) is 0.120. The molecule has 0 saturated carbocycles. The fourth-order valence-corrected chi connectivity index (χ4v) is 3.56. The van der Waals surface area contributed by atoms with Crippen molar-refractivity contribution in [1.29, 1.82) is 0 Å². The largest absolute Gasteiger partial charge is 0.467 e. The summed E-state index contributed by atoms with van der Waals surface area (Å²) < 4.78 is 9.79. The summed E-state index contributed by atoms with van der Waals surface area (Å²) in [6.45, 7) is 0. The summed E-state index contributed by atoms with van der Waals surface area (Å²) in [6, 6.07) is 20.6. The topological polar surface area (TPSA) is 85.3 Å². The second-order valence-corrected chi connectivity index (χ2v) is 7.07. The Morgan fingerprint density at radius 2 is 1.53 bits per heavy atom. The van der Waals surface area contributed by atoms with Crippen LogP contribution in [0.3, 0.4) is 0 Å². The number of allylic oxidation sites excluding steroid dienone is 1. The van der Waals surface area contributed by atoms with E-state index in [0.717, 1.165) is 10.8 Å². The lowest BCUT2D eigenvalue weighted by Crippen LogP contribution is -2.46. The predicted octanol–water partition coefficient (Wildman–Crippen LogP) is 3.54. The number of rotatable bonds is 5. The number of carbonyl (C=O) groups is 3.